The molecule has 2 heterocycles. The summed E-state index contributed by atoms with van der Waals surface area (Å²) in [5, 5.41) is 21.1. The molecule has 28 heavy (non-hydrogen) atoms. The van der Waals surface area contributed by atoms with Crippen molar-refractivity contribution in [2.45, 2.75) is 11.3 Å². The minimum Gasteiger partial charge on any atom is -0.324 e. The number of hydrogen-bond donors (Lipinski definition) is 2. The van der Waals surface area contributed by atoms with Gasteiger partial charge in [0.05, 0.1) is 36.3 Å². The Bertz CT molecular complexity index is 1200. The van der Waals surface area contributed by atoms with Crippen LogP contribution in [0, 0.1) is 11.3 Å². The van der Waals surface area contributed by atoms with Crippen LogP contribution in [0.4, 0.5) is 5.69 Å². The Morgan fingerprint density at radius 2 is 2.07 bits per heavy atom. The summed E-state index contributed by atoms with van der Waals surface area (Å²) in [6.45, 7) is 0. The second-order valence-electron chi connectivity index (χ2n) is 5.69. The maximum Gasteiger partial charge on any atom is 0.241 e. The third kappa shape index (κ3) is 4.34. The number of nitriles is 1. The lowest BCUT2D eigenvalue weighted by Crippen LogP contribution is -2.19. The quantitative estimate of drug-likeness (QED) is 0.646. The van der Waals surface area contributed by atoms with Gasteiger partial charge in [0, 0.05) is 5.02 Å². The third-order valence-corrected chi connectivity index (χ3v) is 4.94. The van der Waals surface area contributed by atoms with E-state index in [9.17, 15) is 13.2 Å². The predicted octanol–water partition coefficient (Wildman–Crippen LogP) is 1.62. The molecule has 0 aliphatic rings. The topological polar surface area (TPSA) is 144 Å². The second-order valence-corrected chi connectivity index (χ2v) is 7.63. The molecule has 142 valence electrons. The normalized spacial score (nSPS) is 11.0. The van der Waals surface area contributed by atoms with Gasteiger partial charge in [0.1, 0.15) is 11.0 Å². The summed E-state index contributed by atoms with van der Waals surface area (Å²) in [5.74, 6) is -0.498. The number of nitrogens with two attached hydrogens (primary N) is 1. The fourth-order valence-corrected chi connectivity index (χ4v) is 3.30. The Morgan fingerprint density at radius 3 is 2.71 bits per heavy atom. The van der Waals surface area contributed by atoms with Crippen molar-refractivity contribution < 1.29 is 13.2 Å². The summed E-state index contributed by atoms with van der Waals surface area (Å²) in [7, 11) is -4.18. The van der Waals surface area contributed by atoms with Crippen LogP contribution in [-0.4, -0.2) is 29.1 Å². The van der Waals surface area contributed by atoms with Crippen LogP contribution < -0.4 is 10.5 Å². The number of sulfonamides is 1. The number of carbonyl (C=O) groups is 1. The van der Waals surface area contributed by atoms with Crippen LogP contribution in [-0.2, 0) is 21.2 Å². The number of benzene rings is 1. The molecule has 2 aromatic heterocycles. The molecule has 0 bridgehead atoms. The first kappa shape index (κ1) is 19.5. The van der Waals surface area contributed by atoms with Crippen LogP contribution in [0.5, 0.6) is 0 Å². The van der Waals surface area contributed by atoms with Gasteiger partial charge in [0.15, 0.2) is 5.82 Å². The van der Waals surface area contributed by atoms with E-state index in [1.807, 2.05) is 6.07 Å². The van der Waals surface area contributed by atoms with Crippen LogP contribution >= 0.6 is 11.6 Å². The molecule has 0 aliphatic heterocycles. The average Bonchev–Trinajstić information content (AvgIpc) is 3.12. The van der Waals surface area contributed by atoms with Gasteiger partial charge in [-0.05, 0) is 17.7 Å². The minimum atomic E-state index is -4.18. The molecule has 11 heteroatoms. The van der Waals surface area contributed by atoms with Gasteiger partial charge in [-0.15, -0.1) is 0 Å². The van der Waals surface area contributed by atoms with E-state index >= 15 is 0 Å². The molecule has 0 radical (unpaired) electrons. The van der Waals surface area contributed by atoms with Crippen molar-refractivity contribution in [3.8, 4) is 11.9 Å². The SMILES string of the molecule is N#Cc1cnn(-c2ncc(NC(=O)Cc3ccccc3Cl)cc2S(N)(=O)=O)c1. The molecule has 3 aromatic rings. The highest BCUT2D eigenvalue weighted by Crippen LogP contribution is 2.21. The molecular weight excluding hydrogens is 404 g/mol. The van der Waals surface area contributed by atoms with Gasteiger partial charge in [-0.25, -0.2) is 23.2 Å². The molecular formula is C17H13ClN6O3S. The molecule has 1 aromatic carbocycles. The van der Waals surface area contributed by atoms with Crippen molar-refractivity contribution in [2.24, 2.45) is 5.14 Å². The highest BCUT2D eigenvalue weighted by Gasteiger charge is 2.19. The van der Waals surface area contributed by atoms with Crippen molar-refractivity contribution in [3.63, 3.8) is 0 Å². The first-order valence-corrected chi connectivity index (χ1v) is 9.71. The second kappa shape index (κ2) is 7.77. The maximum atomic E-state index is 12.3. The van der Waals surface area contributed by atoms with E-state index in [1.165, 1.54) is 24.7 Å². The van der Waals surface area contributed by atoms with Crippen LogP contribution in [0.15, 0.2) is 53.8 Å². The molecule has 0 saturated heterocycles. The van der Waals surface area contributed by atoms with E-state index in [2.05, 4.69) is 15.4 Å². The number of rotatable bonds is 5. The van der Waals surface area contributed by atoms with E-state index < -0.39 is 15.9 Å². The molecule has 0 spiro atoms. The van der Waals surface area contributed by atoms with Crippen molar-refractivity contribution in [1.82, 2.24) is 14.8 Å². The minimum absolute atomic E-state index is 0.00316. The van der Waals surface area contributed by atoms with Gasteiger partial charge < -0.3 is 5.32 Å². The van der Waals surface area contributed by atoms with Gasteiger partial charge in [-0.2, -0.15) is 10.4 Å². The number of anilines is 1. The molecule has 0 unspecified atom stereocenters. The zero-order chi connectivity index (χ0) is 20.3. The van der Waals surface area contributed by atoms with E-state index in [4.69, 9.17) is 22.0 Å². The molecule has 0 fully saturated rings. The van der Waals surface area contributed by atoms with Crippen molar-refractivity contribution in [3.05, 3.63) is 65.1 Å². The number of nitrogens with zero attached hydrogens (tertiary/aromatic N) is 4. The molecule has 1 amide bonds. The lowest BCUT2D eigenvalue weighted by molar-refractivity contribution is -0.115. The lowest BCUT2D eigenvalue weighted by Gasteiger charge is -2.11. The van der Waals surface area contributed by atoms with Crippen LogP contribution in [0.2, 0.25) is 5.02 Å². The Kier molecular flexibility index (Phi) is 5.41. The van der Waals surface area contributed by atoms with Crippen LogP contribution in [0.25, 0.3) is 5.82 Å². The largest absolute Gasteiger partial charge is 0.324 e. The van der Waals surface area contributed by atoms with Crippen molar-refractivity contribution in [1.29, 1.82) is 5.26 Å². The summed E-state index contributed by atoms with van der Waals surface area (Å²) in [6, 6.07) is 9.94. The molecule has 9 nitrogen and oxygen atoms in total. The van der Waals surface area contributed by atoms with Gasteiger partial charge in [-0.1, -0.05) is 29.8 Å². The zero-order valence-corrected chi connectivity index (χ0v) is 15.8. The standard InChI is InChI=1S/C17H13ClN6O3S/c18-14-4-2-1-3-12(14)5-16(25)23-13-6-15(28(20,26)27)17(21-9-13)24-10-11(7-19)8-22-24/h1-4,6,8-10H,5H2,(H,23,25)(H2,20,26,27). The molecule has 0 saturated carbocycles. The van der Waals surface area contributed by atoms with Gasteiger partial charge >= 0.3 is 0 Å². The predicted molar refractivity (Wildman–Crippen MR) is 101 cm³/mol. The number of carbonyl (C=O) groups excluding carboxylic acids is 1. The number of pyridine rings is 1. The Morgan fingerprint density at radius 1 is 1.32 bits per heavy atom. The smallest absolute Gasteiger partial charge is 0.241 e. The highest BCUT2D eigenvalue weighted by atomic mass is 35.5. The molecule has 0 aliphatic carbocycles. The van der Waals surface area contributed by atoms with Gasteiger partial charge in [0.25, 0.3) is 0 Å². The van der Waals surface area contributed by atoms with E-state index in [1.54, 1.807) is 24.3 Å². The van der Waals surface area contributed by atoms with Crippen LogP contribution in [0.3, 0.4) is 0 Å². The Hall–Kier alpha value is -3.26. The van der Waals surface area contributed by atoms with E-state index in [0.29, 0.717) is 10.6 Å². The number of halogens is 1. The third-order valence-electron chi connectivity index (χ3n) is 3.66. The molecule has 0 atom stereocenters. The number of primary sulfonamides is 1. The van der Waals surface area contributed by atoms with Crippen molar-refractivity contribution in [2.75, 3.05) is 5.32 Å². The van der Waals surface area contributed by atoms with Gasteiger partial charge in [0.2, 0.25) is 15.9 Å². The summed E-state index contributed by atoms with van der Waals surface area (Å²) in [5.41, 5.74) is 0.982. The Labute approximate surface area is 165 Å². The van der Waals surface area contributed by atoms with E-state index in [0.717, 1.165) is 4.68 Å². The highest BCUT2D eigenvalue weighted by molar-refractivity contribution is 7.89. The maximum absolute atomic E-state index is 12.3. The van der Waals surface area contributed by atoms with Crippen LogP contribution in [0.1, 0.15) is 11.1 Å². The average molecular weight is 417 g/mol. The first-order chi connectivity index (χ1) is 13.3. The monoisotopic (exact) mass is 416 g/mol. The summed E-state index contributed by atoms with van der Waals surface area (Å²) < 4.78 is 25.1. The first-order valence-electron chi connectivity index (χ1n) is 7.79. The number of amides is 1. The fourth-order valence-electron chi connectivity index (χ4n) is 2.40. The fraction of sp³-hybridized carbons (Fsp3) is 0.0588. The summed E-state index contributed by atoms with van der Waals surface area (Å²) >= 11 is 6.04. The van der Waals surface area contributed by atoms with Crippen molar-refractivity contribution >= 4 is 33.2 Å². The van der Waals surface area contributed by atoms with E-state index in [-0.39, 0.29) is 28.4 Å². The number of aromatic nitrogens is 3. The summed E-state index contributed by atoms with van der Waals surface area (Å²) in [6.07, 6.45) is 3.83. The number of nitrogens with one attached hydrogen (secondary N) is 1. The Balaban J connectivity index is 1.90. The summed E-state index contributed by atoms with van der Waals surface area (Å²) in [4.78, 5) is 15.9. The van der Waals surface area contributed by atoms with Gasteiger partial charge in [-0.3, -0.25) is 4.79 Å². The molecule has 3 N–H and O–H groups in total. The number of hydrogen-bond acceptors (Lipinski definition) is 6. The molecule has 3 rings (SSSR count). The lowest BCUT2D eigenvalue weighted by atomic mass is 10.1. The zero-order valence-electron chi connectivity index (χ0n) is 14.2.